The molecule has 1 aromatic heterocycles. The summed E-state index contributed by atoms with van der Waals surface area (Å²) in [4.78, 5) is 35.0. The molecule has 1 spiro atoms. The van der Waals surface area contributed by atoms with Crippen LogP contribution in [0.4, 0.5) is 9.59 Å². The number of hydrogen-bond donors (Lipinski definition) is 0. The Balaban J connectivity index is 1.23. The minimum atomic E-state index is -0.538. The van der Waals surface area contributed by atoms with Gasteiger partial charge >= 0.3 is 12.1 Å². The van der Waals surface area contributed by atoms with Crippen LogP contribution in [0.2, 0.25) is 0 Å². The number of aromatic nitrogens is 1. The van der Waals surface area contributed by atoms with E-state index in [-0.39, 0.29) is 29.6 Å². The van der Waals surface area contributed by atoms with Gasteiger partial charge in [0.05, 0.1) is 12.1 Å². The molecule has 0 N–H and O–H groups in total. The quantitative estimate of drug-likeness (QED) is 0.575. The Morgan fingerprint density at radius 2 is 2.00 bits per heavy atom. The zero-order valence-corrected chi connectivity index (χ0v) is 20.9. The van der Waals surface area contributed by atoms with E-state index in [9.17, 15) is 9.59 Å². The first-order chi connectivity index (χ1) is 16.7. The lowest BCUT2D eigenvalue weighted by atomic mass is 9.84. The average molecular weight is 483 g/mol. The first-order valence-corrected chi connectivity index (χ1v) is 12.3. The summed E-state index contributed by atoms with van der Waals surface area (Å²) in [5, 5.41) is 5.93. The van der Waals surface area contributed by atoms with Crippen molar-refractivity contribution in [1.29, 1.82) is 0 Å². The van der Waals surface area contributed by atoms with Crippen LogP contribution in [0.25, 0.3) is 0 Å². The van der Waals surface area contributed by atoms with Crippen LogP contribution >= 0.6 is 0 Å². The number of fused-ring (bicyclic) bond motifs is 3. The summed E-state index contributed by atoms with van der Waals surface area (Å²) in [5.74, 6) is 0.686. The molecule has 3 aliphatic rings. The fourth-order valence-electron chi connectivity index (χ4n) is 5.07. The highest BCUT2D eigenvalue weighted by atomic mass is 16.7. The largest absolute Gasteiger partial charge is 0.444 e. The Morgan fingerprint density at radius 1 is 1.26 bits per heavy atom. The van der Waals surface area contributed by atoms with Gasteiger partial charge < -0.3 is 19.1 Å². The number of rotatable bonds is 7. The first kappa shape index (κ1) is 23.7. The minimum absolute atomic E-state index is 0.0730. The summed E-state index contributed by atoms with van der Waals surface area (Å²) in [7, 11) is 1.70. The summed E-state index contributed by atoms with van der Waals surface area (Å²) in [6.07, 6.45) is 3.18. The fraction of sp³-hybridized carbons (Fsp3) is 0.577. The van der Waals surface area contributed by atoms with E-state index in [1.54, 1.807) is 12.1 Å². The molecular weight excluding hydrogens is 448 g/mol. The van der Waals surface area contributed by atoms with Gasteiger partial charge in [0.1, 0.15) is 23.7 Å². The van der Waals surface area contributed by atoms with Crippen molar-refractivity contribution in [2.75, 3.05) is 20.1 Å². The highest BCUT2D eigenvalue weighted by molar-refractivity contribution is 5.77. The van der Waals surface area contributed by atoms with Crippen LogP contribution in [0.15, 0.2) is 40.9 Å². The topological polar surface area (TPSA) is 88.4 Å². The van der Waals surface area contributed by atoms with Crippen molar-refractivity contribution >= 4 is 12.1 Å². The van der Waals surface area contributed by atoms with E-state index in [0.717, 1.165) is 30.5 Å². The molecule has 0 radical (unpaired) electrons. The average Bonchev–Trinajstić information content (AvgIpc) is 3.30. The molecule has 2 bridgehead atoms. The second-order valence-corrected chi connectivity index (χ2v) is 11.0. The van der Waals surface area contributed by atoms with E-state index >= 15 is 0 Å². The maximum absolute atomic E-state index is 13.3. The van der Waals surface area contributed by atoms with Gasteiger partial charge in [0, 0.05) is 32.6 Å². The van der Waals surface area contributed by atoms with Crippen molar-refractivity contribution in [2.24, 2.45) is 5.41 Å². The molecule has 3 heterocycles. The molecule has 0 unspecified atom stereocenters. The van der Waals surface area contributed by atoms with Gasteiger partial charge in [0.25, 0.3) is 0 Å². The number of benzene rings is 1. The van der Waals surface area contributed by atoms with Crippen LogP contribution in [0, 0.1) is 5.41 Å². The molecule has 2 saturated heterocycles. The van der Waals surface area contributed by atoms with Crippen LogP contribution in [0.1, 0.15) is 63.1 Å². The van der Waals surface area contributed by atoms with Crippen molar-refractivity contribution in [2.45, 2.75) is 70.7 Å². The molecule has 2 aromatic rings. The van der Waals surface area contributed by atoms with Gasteiger partial charge in [-0.2, -0.15) is 5.06 Å². The Labute approximate surface area is 205 Å². The van der Waals surface area contributed by atoms with E-state index < -0.39 is 5.60 Å². The predicted octanol–water partition coefficient (Wildman–Crippen LogP) is 4.55. The smallest absolute Gasteiger partial charge is 0.410 e. The lowest BCUT2D eigenvalue weighted by Gasteiger charge is -2.35. The number of carbonyl (C=O) groups excluding carboxylic acids is 2. The Kier molecular flexibility index (Phi) is 5.99. The van der Waals surface area contributed by atoms with E-state index in [1.165, 1.54) is 4.90 Å². The number of urea groups is 1. The van der Waals surface area contributed by atoms with Crippen molar-refractivity contribution in [1.82, 2.24) is 20.0 Å². The first-order valence-electron chi connectivity index (χ1n) is 12.3. The molecule has 3 fully saturated rings. The van der Waals surface area contributed by atoms with Gasteiger partial charge in [-0.15, -0.1) is 0 Å². The molecule has 2 atom stereocenters. The number of hydrogen-bond acceptors (Lipinski definition) is 6. The van der Waals surface area contributed by atoms with Gasteiger partial charge in [-0.25, -0.2) is 9.59 Å². The Hall–Kier alpha value is -3.07. The zero-order chi connectivity index (χ0) is 24.8. The number of likely N-dealkylation sites (N-methyl/N-ethyl adjacent to an activating group) is 1. The standard InChI is InChI=1S/C26H34N4O5/c1-25(2,3)34-24(32)28(4)13-10-19-14-20(27-35-19)21-15-26(11-12-26)22-16-29(21)23(31)30(22)33-17-18-8-6-5-7-9-18/h5-9,14,21-22H,10-13,15-17H2,1-4H3/t21-,22-/m0/s1. The van der Waals surface area contributed by atoms with Crippen LogP contribution < -0.4 is 0 Å². The van der Waals surface area contributed by atoms with Gasteiger partial charge in [0.2, 0.25) is 0 Å². The number of piperidine rings is 1. The summed E-state index contributed by atoms with van der Waals surface area (Å²) >= 11 is 0. The number of carbonyl (C=O) groups is 2. The van der Waals surface area contributed by atoms with Gasteiger partial charge in [-0.05, 0) is 51.0 Å². The molecule has 3 amide bonds. The molecule has 1 aliphatic carbocycles. The lowest BCUT2D eigenvalue weighted by Crippen LogP contribution is -2.42. The maximum Gasteiger partial charge on any atom is 0.410 e. The second kappa shape index (κ2) is 8.86. The molecular formula is C26H34N4O5. The molecule has 35 heavy (non-hydrogen) atoms. The highest BCUT2D eigenvalue weighted by Gasteiger charge is 2.63. The molecule has 188 valence electrons. The lowest BCUT2D eigenvalue weighted by molar-refractivity contribution is -0.153. The van der Waals surface area contributed by atoms with Crippen molar-refractivity contribution in [3.05, 3.63) is 53.4 Å². The number of hydroxylamine groups is 2. The normalized spacial score (nSPS) is 22.6. The molecule has 9 nitrogen and oxygen atoms in total. The third kappa shape index (κ3) is 4.87. The number of amides is 3. The van der Waals surface area contributed by atoms with E-state index in [4.69, 9.17) is 14.1 Å². The van der Waals surface area contributed by atoms with Crippen LogP contribution in [-0.4, -0.2) is 63.9 Å². The second-order valence-electron chi connectivity index (χ2n) is 11.0. The molecule has 1 saturated carbocycles. The number of ether oxygens (including phenoxy) is 1. The molecule has 1 aromatic carbocycles. The van der Waals surface area contributed by atoms with E-state index in [1.807, 2.05) is 62.1 Å². The Morgan fingerprint density at radius 3 is 2.69 bits per heavy atom. The monoisotopic (exact) mass is 482 g/mol. The summed E-state index contributed by atoms with van der Waals surface area (Å²) in [5.41, 5.74) is 1.35. The van der Waals surface area contributed by atoms with Gasteiger partial charge in [0.15, 0.2) is 0 Å². The van der Waals surface area contributed by atoms with Crippen molar-refractivity contribution in [3.63, 3.8) is 0 Å². The summed E-state index contributed by atoms with van der Waals surface area (Å²) < 4.78 is 11.0. The van der Waals surface area contributed by atoms with Crippen LogP contribution in [0.5, 0.6) is 0 Å². The Bertz CT molecular complexity index is 1070. The van der Waals surface area contributed by atoms with Crippen LogP contribution in [-0.2, 0) is 22.6 Å². The SMILES string of the molecule is CN(CCc1cc([C@@H]2CC3(CC3)[C@@H]3CN2C(=O)N3OCc2ccccc2)no1)C(=O)OC(C)(C)C. The molecule has 2 aliphatic heterocycles. The minimum Gasteiger partial charge on any atom is -0.444 e. The fourth-order valence-corrected chi connectivity index (χ4v) is 5.07. The van der Waals surface area contributed by atoms with Crippen molar-refractivity contribution in [3.8, 4) is 0 Å². The molecule has 9 heteroatoms. The highest BCUT2D eigenvalue weighted by Crippen LogP contribution is 2.61. The van der Waals surface area contributed by atoms with Crippen molar-refractivity contribution < 1.29 is 23.7 Å². The third-order valence-corrected chi connectivity index (χ3v) is 7.19. The maximum atomic E-state index is 13.3. The summed E-state index contributed by atoms with van der Waals surface area (Å²) in [6.45, 7) is 6.99. The molecule has 5 rings (SSSR count). The van der Waals surface area contributed by atoms with Gasteiger partial charge in [-0.3, -0.25) is 4.84 Å². The predicted molar refractivity (Wildman–Crippen MR) is 127 cm³/mol. The summed E-state index contributed by atoms with van der Waals surface area (Å²) in [6, 6.07) is 11.7. The van der Waals surface area contributed by atoms with Gasteiger partial charge in [-0.1, -0.05) is 35.5 Å². The van der Waals surface area contributed by atoms with E-state index in [2.05, 4.69) is 5.16 Å². The number of nitrogens with zero attached hydrogens (tertiary/aromatic N) is 4. The zero-order valence-electron chi connectivity index (χ0n) is 20.9. The van der Waals surface area contributed by atoms with Crippen LogP contribution in [0.3, 0.4) is 0 Å². The third-order valence-electron chi connectivity index (χ3n) is 7.19. The van der Waals surface area contributed by atoms with E-state index in [0.29, 0.717) is 31.9 Å².